The van der Waals surface area contributed by atoms with Gasteiger partial charge in [-0.05, 0) is 47.4 Å². The number of phenolic OH excluding ortho intramolecular Hbond substituents is 1. The van der Waals surface area contributed by atoms with Crippen molar-refractivity contribution in [3.63, 3.8) is 0 Å². The van der Waals surface area contributed by atoms with Gasteiger partial charge in [0.25, 0.3) is 0 Å². The molecule has 0 aromatic heterocycles. The van der Waals surface area contributed by atoms with E-state index in [1.807, 2.05) is 0 Å². The minimum absolute atomic E-state index is 0.0307. The van der Waals surface area contributed by atoms with Gasteiger partial charge in [-0.1, -0.05) is 18.2 Å². The topological polar surface area (TPSA) is 49.3 Å². The number of halogens is 3. The molecule has 0 aliphatic heterocycles. The highest BCUT2D eigenvalue weighted by Crippen LogP contribution is 2.33. The minimum Gasteiger partial charge on any atom is -0.508 e. The van der Waals surface area contributed by atoms with Crippen LogP contribution in [0.5, 0.6) is 5.75 Å². The van der Waals surface area contributed by atoms with Gasteiger partial charge in [0.2, 0.25) is 5.91 Å². The average Bonchev–Trinajstić information content (AvgIpc) is 2.47. The Labute approximate surface area is 131 Å². The zero-order valence-corrected chi connectivity index (χ0v) is 12.4. The van der Waals surface area contributed by atoms with Crippen LogP contribution in [-0.2, 0) is 17.4 Å². The number of phenols is 1. The maximum Gasteiger partial charge on any atom is 0.416 e. The van der Waals surface area contributed by atoms with Gasteiger partial charge in [0, 0.05) is 13.5 Å². The summed E-state index contributed by atoms with van der Waals surface area (Å²) in [5.74, 6) is -0.122. The third kappa shape index (κ3) is 4.48. The molecule has 0 spiro atoms. The lowest BCUT2D eigenvalue weighted by Crippen LogP contribution is -2.22. The molecule has 1 amide bonds. The molecule has 0 atom stereocenters. The summed E-state index contributed by atoms with van der Waals surface area (Å²) in [4.78, 5) is 10.9. The van der Waals surface area contributed by atoms with Gasteiger partial charge in [-0.2, -0.15) is 13.2 Å². The van der Waals surface area contributed by atoms with Crippen LogP contribution in [0.4, 0.5) is 13.2 Å². The lowest BCUT2D eigenvalue weighted by molar-refractivity contribution is -0.137. The largest absolute Gasteiger partial charge is 0.508 e. The van der Waals surface area contributed by atoms with E-state index in [1.165, 1.54) is 31.2 Å². The summed E-state index contributed by atoms with van der Waals surface area (Å²) in [5.41, 5.74) is 1.33. The monoisotopic (exact) mass is 323 g/mol. The second-order valence-electron chi connectivity index (χ2n) is 5.15. The first-order valence-corrected chi connectivity index (χ1v) is 7.01. The van der Waals surface area contributed by atoms with Crippen molar-refractivity contribution in [3.8, 4) is 16.9 Å². The fourth-order valence-electron chi connectivity index (χ4n) is 2.26. The molecule has 2 aromatic rings. The highest BCUT2D eigenvalue weighted by molar-refractivity contribution is 5.73. The Morgan fingerprint density at radius 2 is 1.78 bits per heavy atom. The van der Waals surface area contributed by atoms with Gasteiger partial charge >= 0.3 is 6.18 Å². The molecule has 0 bridgehead atoms. The highest BCUT2D eigenvalue weighted by Gasteiger charge is 2.30. The predicted octanol–water partition coefficient (Wildman–Crippen LogP) is 3.76. The van der Waals surface area contributed by atoms with Gasteiger partial charge in [0.1, 0.15) is 5.75 Å². The standard InChI is InChI=1S/C17H16F3NO2/c1-11(22)21-9-8-13-4-7-15(23)10-16(13)12-2-5-14(6-3-12)17(18,19)20/h2-7,10,23H,8-9H2,1H3,(H,21,22). The molecule has 6 heteroatoms. The molecule has 0 heterocycles. The normalized spacial score (nSPS) is 11.3. The van der Waals surface area contributed by atoms with E-state index in [2.05, 4.69) is 5.32 Å². The van der Waals surface area contributed by atoms with Crippen molar-refractivity contribution >= 4 is 5.91 Å². The number of hydrogen-bond acceptors (Lipinski definition) is 2. The summed E-state index contributed by atoms with van der Waals surface area (Å²) in [6.45, 7) is 1.82. The summed E-state index contributed by atoms with van der Waals surface area (Å²) in [5, 5.41) is 12.3. The molecule has 0 radical (unpaired) electrons. The lowest BCUT2D eigenvalue weighted by atomic mass is 9.96. The third-order valence-corrected chi connectivity index (χ3v) is 3.38. The van der Waals surface area contributed by atoms with E-state index in [0.29, 0.717) is 24.1 Å². The molecule has 2 rings (SSSR count). The van der Waals surface area contributed by atoms with Crippen LogP contribution in [0.1, 0.15) is 18.1 Å². The molecule has 2 N–H and O–H groups in total. The number of nitrogens with one attached hydrogen (secondary N) is 1. The Morgan fingerprint density at radius 3 is 2.35 bits per heavy atom. The van der Waals surface area contributed by atoms with Crippen LogP contribution in [0.15, 0.2) is 42.5 Å². The van der Waals surface area contributed by atoms with Crippen molar-refractivity contribution in [2.24, 2.45) is 0 Å². The number of carbonyl (C=O) groups is 1. The van der Waals surface area contributed by atoms with Gasteiger partial charge in [-0.3, -0.25) is 4.79 Å². The number of hydrogen-bond donors (Lipinski definition) is 2. The fraction of sp³-hybridized carbons (Fsp3) is 0.235. The molecule has 23 heavy (non-hydrogen) atoms. The van der Waals surface area contributed by atoms with E-state index >= 15 is 0 Å². The molecule has 2 aromatic carbocycles. The summed E-state index contributed by atoms with van der Waals surface area (Å²) in [7, 11) is 0. The summed E-state index contributed by atoms with van der Waals surface area (Å²) in [6, 6.07) is 9.49. The quantitative estimate of drug-likeness (QED) is 0.900. The number of aromatic hydroxyl groups is 1. The van der Waals surface area contributed by atoms with E-state index in [1.54, 1.807) is 6.07 Å². The smallest absolute Gasteiger partial charge is 0.416 e. The number of benzene rings is 2. The minimum atomic E-state index is -4.38. The number of alkyl halides is 3. The van der Waals surface area contributed by atoms with Gasteiger partial charge in [-0.15, -0.1) is 0 Å². The van der Waals surface area contributed by atoms with Gasteiger partial charge in [0.05, 0.1) is 5.56 Å². The zero-order valence-electron chi connectivity index (χ0n) is 12.4. The molecule has 0 saturated carbocycles. The Hall–Kier alpha value is -2.50. The highest BCUT2D eigenvalue weighted by atomic mass is 19.4. The summed E-state index contributed by atoms with van der Waals surface area (Å²) < 4.78 is 37.9. The Balaban J connectivity index is 2.30. The zero-order chi connectivity index (χ0) is 17.0. The van der Waals surface area contributed by atoms with Crippen molar-refractivity contribution in [2.45, 2.75) is 19.5 Å². The van der Waals surface area contributed by atoms with E-state index in [0.717, 1.165) is 17.7 Å². The Bertz CT molecular complexity index is 694. The molecular formula is C17H16F3NO2. The first kappa shape index (κ1) is 16.9. The van der Waals surface area contributed by atoms with Crippen LogP contribution in [0.2, 0.25) is 0 Å². The molecule has 3 nitrogen and oxygen atoms in total. The van der Waals surface area contributed by atoms with Crippen molar-refractivity contribution in [3.05, 3.63) is 53.6 Å². The first-order chi connectivity index (χ1) is 10.8. The van der Waals surface area contributed by atoms with Crippen LogP contribution in [0.25, 0.3) is 11.1 Å². The van der Waals surface area contributed by atoms with E-state index in [4.69, 9.17) is 0 Å². The van der Waals surface area contributed by atoms with E-state index in [-0.39, 0.29) is 11.7 Å². The predicted molar refractivity (Wildman–Crippen MR) is 80.9 cm³/mol. The maximum atomic E-state index is 12.6. The molecule has 0 unspecified atom stereocenters. The van der Waals surface area contributed by atoms with Crippen molar-refractivity contribution in [1.82, 2.24) is 5.32 Å². The first-order valence-electron chi connectivity index (χ1n) is 7.01. The number of carbonyl (C=O) groups excluding carboxylic acids is 1. The van der Waals surface area contributed by atoms with Crippen LogP contribution < -0.4 is 5.32 Å². The molecule has 0 saturated heterocycles. The van der Waals surface area contributed by atoms with Crippen molar-refractivity contribution in [1.29, 1.82) is 0 Å². The van der Waals surface area contributed by atoms with Gasteiger partial charge < -0.3 is 10.4 Å². The SMILES string of the molecule is CC(=O)NCCc1ccc(O)cc1-c1ccc(C(F)(F)F)cc1. The van der Waals surface area contributed by atoms with Crippen LogP contribution in [0, 0.1) is 0 Å². The van der Waals surface area contributed by atoms with Crippen LogP contribution in [-0.4, -0.2) is 17.6 Å². The summed E-state index contributed by atoms with van der Waals surface area (Å²) in [6.07, 6.45) is -3.87. The number of amides is 1. The molecule has 0 aliphatic rings. The summed E-state index contributed by atoms with van der Waals surface area (Å²) >= 11 is 0. The second kappa shape index (κ2) is 6.73. The molecule has 0 fully saturated rings. The molecule has 122 valence electrons. The van der Waals surface area contributed by atoms with Crippen molar-refractivity contribution in [2.75, 3.05) is 6.54 Å². The third-order valence-electron chi connectivity index (χ3n) is 3.38. The van der Waals surface area contributed by atoms with Gasteiger partial charge in [-0.25, -0.2) is 0 Å². The maximum absolute atomic E-state index is 12.6. The Morgan fingerprint density at radius 1 is 1.13 bits per heavy atom. The average molecular weight is 323 g/mol. The second-order valence-corrected chi connectivity index (χ2v) is 5.15. The van der Waals surface area contributed by atoms with Crippen LogP contribution >= 0.6 is 0 Å². The Kier molecular flexibility index (Phi) is 4.93. The van der Waals surface area contributed by atoms with Crippen LogP contribution in [0.3, 0.4) is 0 Å². The van der Waals surface area contributed by atoms with E-state index < -0.39 is 11.7 Å². The number of rotatable bonds is 4. The van der Waals surface area contributed by atoms with Gasteiger partial charge in [0.15, 0.2) is 0 Å². The van der Waals surface area contributed by atoms with E-state index in [9.17, 15) is 23.1 Å². The fourth-order valence-corrected chi connectivity index (χ4v) is 2.26. The molecule has 0 aliphatic carbocycles. The molecular weight excluding hydrogens is 307 g/mol. The van der Waals surface area contributed by atoms with Crippen molar-refractivity contribution < 1.29 is 23.1 Å². The lowest BCUT2D eigenvalue weighted by Gasteiger charge is -2.12.